The lowest BCUT2D eigenvalue weighted by atomic mass is 10.1. The Bertz CT molecular complexity index is 1170. The first-order chi connectivity index (χ1) is 17.2. The molecular weight excluding hydrogens is 477 g/mol. The third kappa shape index (κ3) is 7.32. The van der Waals surface area contributed by atoms with E-state index in [0.717, 1.165) is 17.7 Å². The fraction of sp³-hybridized carbons (Fsp3) is 0.320. The van der Waals surface area contributed by atoms with E-state index in [1.807, 2.05) is 6.92 Å². The van der Waals surface area contributed by atoms with Gasteiger partial charge in [0, 0.05) is 43.9 Å². The zero-order valence-electron chi connectivity index (χ0n) is 20.1. The summed E-state index contributed by atoms with van der Waals surface area (Å²) in [7, 11) is 2.99. The molecule has 2 N–H and O–H groups in total. The Morgan fingerprint density at radius 1 is 1.08 bits per heavy atom. The van der Waals surface area contributed by atoms with E-state index < -0.39 is 23.8 Å². The SMILES string of the molecule is CCC(COC)Oc1cc(NC(=O)c2cccnc2NCc2ccnc(OC)c2)cc(C(F)(F)F)c1. The van der Waals surface area contributed by atoms with Crippen molar-refractivity contribution in [2.75, 3.05) is 31.5 Å². The molecule has 11 heteroatoms. The van der Waals surface area contributed by atoms with Crippen LogP contribution in [0.2, 0.25) is 0 Å². The topological polar surface area (TPSA) is 94.6 Å². The number of methoxy groups -OCH3 is 2. The Balaban J connectivity index is 1.82. The van der Waals surface area contributed by atoms with Gasteiger partial charge in [-0.05, 0) is 42.3 Å². The molecule has 2 heterocycles. The minimum Gasteiger partial charge on any atom is -0.488 e. The highest BCUT2D eigenvalue weighted by Crippen LogP contribution is 2.35. The van der Waals surface area contributed by atoms with Crippen molar-refractivity contribution in [3.05, 3.63) is 71.5 Å². The van der Waals surface area contributed by atoms with Crippen LogP contribution in [-0.4, -0.2) is 42.8 Å². The molecule has 1 aromatic carbocycles. The van der Waals surface area contributed by atoms with Crippen molar-refractivity contribution in [3.8, 4) is 11.6 Å². The molecule has 0 saturated heterocycles. The molecule has 36 heavy (non-hydrogen) atoms. The molecule has 1 unspecified atom stereocenters. The normalized spacial score (nSPS) is 12.1. The van der Waals surface area contributed by atoms with E-state index in [-0.39, 0.29) is 29.4 Å². The summed E-state index contributed by atoms with van der Waals surface area (Å²) in [6.45, 7) is 2.36. The maximum atomic E-state index is 13.5. The molecule has 0 spiro atoms. The highest BCUT2D eigenvalue weighted by molar-refractivity contribution is 6.07. The van der Waals surface area contributed by atoms with Crippen molar-refractivity contribution >= 4 is 17.4 Å². The Morgan fingerprint density at radius 2 is 1.89 bits per heavy atom. The number of amides is 1. The zero-order chi connectivity index (χ0) is 26.1. The fourth-order valence-electron chi connectivity index (χ4n) is 3.30. The molecule has 0 radical (unpaired) electrons. The summed E-state index contributed by atoms with van der Waals surface area (Å²) in [4.78, 5) is 21.3. The second-order valence-corrected chi connectivity index (χ2v) is 7.76. The largest absolute Gasteiger partial charge is 0.488 e. The van der Waals surface area contributed by atoms with Gasteiger partial charge in [-0.15, -0.1) is 0 Å². The molecular formula is C25H27F3N4O4. The third-order valence-electron chi connectivity index (χ3n) is 5.12. The fourth-order valence-corrected chi connectivity index (χ4v) is 3.30. The first kappa shape index (κ1) is 26.7. The number of alkyl halides is 3. The van der Waals surface area contributed by atoms with Crippen LogP contribution in [0.3, 0.4) is 0 Å². The maximum Gasteiger partial charge on any atom is 0.416 e. The zero-order valence-corrected chi connectivity index (χ0v) is 20.1. The standard InChI is InChI=1S/C25H27F3N4O4/c1-4-19(15-34-2)36-20-12-17(25(26,27)28)11-18(13-20)32-24(33)21-6-5-8-30-23(21)31-14-16-7-9-29-22(10-16)35-3/h5-13,19H,4,14-15H2,1-3H3,(H,30,31)(H,32,33). The van der Waals surface area contributed by atoms with E-state index in [4.69, 9.17) is 14.2 Å². The number of hydrogen-bond donors (Lipinski definition) is 2. The van der Waals surface area contributed by atoms with Crippen molar-refractivity contribution in [1.82, 2.24) is 9.97 Å². The summed E-state index contributed by atoms with van der Waals surface area (Å²) < 4.78 is 56.4. The lowest BCUT2D eigenvalue weighted by molar-refractivity contribution is -0.137. The van der Waals surface area contributed by atoms with Gasteiger partial charge in [-0.3, -0.25) is 4.79 Å². The Morgan fingerprint density at radius 3 is 2.58 bits per heavy atom. The number of pyridine rings is 2. The number of aromatic nitrogens is 2. The van der Waals surface area contributed by atoms with Gasteiger partial charge in [-0.2, -0.15) is 13.2 Å². The summed E-state index contributed by atoms with van der Waals surface area (Å²) in [5, 5.41) is 5.60. The molecule has 192 valence electrons. The lowest BCUT2D eigenvalue weighted by Crippen LogP contribution is -2.22. The van der Waals surface area contributed by atoms with Crippen LogP contribution >= 0.6 is 0 Å². The van der Waals surface area contributed by atoms with Crippen LogP contribution in [0.1, 0.15) is 34.8 Å². The van der Waals surface area contributed by atoms with Gasteiger partial charge in [-0.1, -0.05) is 6.92 Å². The lowest BCUT2D eigenvalue weighted by Gasteiger charge is -2.19. The first-order valence-electron chi connectivity index (χ1n) is 11.1. The number of carbonyl (C=O) groups excluding carboxylic acids is 1. The van der Waals surface area contributed by atoms with Crippen molar-refractivity contribution in [3.63, 3.8) is 0 Å². The molecule has 0 saturated carbocycles. The van der Waals surface area contributed by atoms with Gasteiger partial charge in [0.05, 0.1) is 24.8 Å². The third-order valence-corrected chi connectivity index (χ3v) is 5.12. The molecule has 2 aromatic heterocycles. The van der Waals surface area contributed by atoms with E-state index in [2.05, 4.69) is 20.6 Å². The van der Waals surface area contributed by atoms with Crippen molar-refractivity contribution in [2.24, 2.45) is 0 Å². The quantitative estimate of drug-likeness (QED) is 0.372. The van der Waals surface area contributed by atoms with E-state index in [0.29, 0.717) is 18.8 Å². The van der Waals surface area contributed by atoms with Crippen LogP contribution in [0.5, 0.6) is 11.6 Å². The Kier molecular flexibility index (Phi) is 9.07. The van der Waals surface area contributed by atoms with Gasteiger partial charge in [0.15, 0.2) is 0 Å². The van der Waals surface area contributed by atoms with E-state index in [1.54, 1.807) is 24.4 Å². The molecule has 8 nitrogen and oxygen atoms in total. The number of carbonyl (C=O) groups is 1. The van der Waals surface area contributed by atoms with Crippen LogP contribution < -0.4 is 20.1 Å². The predicted molar refractivity (Wildman–Crippen MR) is 128 cm³/mol. The molecule has 1 amide bonds. The average Bonchev–Trinajstić information content (AvgIpc) is 2.86. The van der Waals surface area contributed by atoms with E-state index in [1.165, 1.54) is 32.5 Å². The van der Waals surface area contributed by atoms with E-state index >= 15 is 0 Å². The van der Waals surface area contributed by atoms with Gasteiger partial charge in [0.2, 0.25) is 5.88 Å². The summed E-state index contributed by atoms with van der Waals surface area (Å²) >= 11 is 0. The molecule has 0 fully saturated rings. The number of ether oxygens (including phenoxy) is 3. The average molecular weight is 505 g/mol. The van der Waals surface area contributed by atoms with Gasteiger partial charge >= 0.3 is 6.18 Å². The van der Waals surface area contributed by atoms with Gasteiger partial charge < -0.3 is 24.8 Å². The molecule has 0 aliphatic heterocycles. The molecule has 3 rings (SSSR count). The van der Waals surface area contributed by atoms with Crippen molar-refractivity contribution in [1.29, 1.82) is 0 Å². The number of hydrogen-bond acceptors (Lipinski definition) is 7. The van der Waals surface area contributed by atoms with Gasteiger partial charge in [-0.25, -0.2) is 9.97 Å². The van der Waals surface area contributed by atoms with Crippen LogP contribution in [0.4, 0.5) is 24.7 Å². The number of nitrogens with one attached hydrogen (secondary N) is 2. The number of nitrogens with zero attached hydrogens (tertiary/aromatic N) is 2. The number of rotatable bonds is 11. The Hall–Kier alpha value is -3.86. The molecule has 3 aromatic rings. The second-order valence-electron chi connectivity index (χ2n) is 7.76. The van der Waals surface area contributed by atoms with Crippen molar-refractivity contribution in [2.45, 2.75) is 32.2 Å². The highest BCUT2D eigenvalue weighted by atomic mass is 19.4. The van der Waals surface area contributed by atoms with E-state index in [9.17, 15) is 18.0 Å². The van der Waals surface area contributed by atoms with Crippen molar-refractivity contribution < 1.29 is 32.2 Å². The van der Waals surface area contributed by atoms with Gasteiger partial charge in [0.1, 0.15) is 17.7 Å². The smallest absolute Gasteiger partial charge is 0.416 e. The molecule has 0 bridgehead atoms. The minimum atomic E-state index is -4.63. The Labute approximate surface area is 206 Å². The summed E-state index contributed by atoms with van der Waals surface area (Å²) in [6.07, 6.45) is -1.45. The van der Waals surface area contributed by atoms with Crippen LogP contribution in [0.25, 0.3) is 0 Å². The number of benzene rings is 1. The van der Waals surface area contributed by atoms with Gasteiger partial charge in [0.25, 0.3) is 5.91 Å². The summed E-state index contributed by atoms with van der Waals surface area (Å²) in [5.41, 5.74) is -0.0196. The monoisotopic (exact) mass is 504 g/mol. The summed E-state index contributed by atoms with van der Waals surface area (Å²) in [6, 6.07) is 9.69. The van der Waals surface area contributed by atoms with Crippen LogP contribution in [0.15, 0.2) is 54.9 Å². The first-order valence-corrected chi connectivity index (χ1v) is 11.1. The predicted octanol–water partition coefficient (Wildman–Crippen LogP) is 5.17. The highest BCUT2D eigenvalue weighted by Gasteiger charge is 2.32. The van der Waals surface area contributed by atoms with Crippen LogP contribution in [0, 0.1) is 0 Å². The maximum absolute atomic E-state index is 13.5. The number of halogens is 3. The summed E-state index contributed by atoms with van der Waals surface area (Å²) in [5.74, 6) is 0.0411. The molecule has 1 atom stereocenters. The molecule has 0 aliphatic rings. The van der Waals surface area contributed by atoms with Crippen LogP contribution in [-0.2, 0) is 17.5 Å². The molecule has 0 aliphatic carbocycles. The minimum absolute atomic E-state index is 0.0276. The number of anilines is 2. The second kappa shape index (κ2) is 12.2.